The number of halogens is 5. The highest BCUT2D eigenvalue weighted by Gasteiger charge is 2.37. The van der Waals surface area contributed by atoms with E-state index >= 15 is 0 Å². The second-order valence-electron chi connectivity index (χ2n) is 6.55. The van der Waals surface area contributed by atoms with Crippen molar-refractivity contribution in [2.45, 2.75) is 44.7 Å². The summed E-state index contributed by atoms with van der Waals surface area (Å²) in [6, 6.07) is 3.90. The van der Waals surface area contributed by atoms with E-state index in [1.165, 1.54) is 12.1 Å². The molecule has 0 bridgehead atoms. The molecule has 4 nitrogen and oxygen atoms in total. The molecular weight excluding hydrogens is 412 g/mol. The van der Waals surface area contributed by atoms with Crippen LogP contribution in [0, 0.1) is 12.4 Å². The Morgan fingerprint density at radius 3 is 2.59 bits per heavy atom. The number of allylic oxidation sites excluding steroid dienone is 3. The third-order valence-electron chi connectivity index (χ3n) is 4.55. The maximum atomic E-state index is 14.6. The summed E-state index contributed by atoms with van der Waals surface area (Å²) in [5, 5.41) is 3.08. The number of dihydropyridines is 1. The van der Waals surface area contributed by atoms with Gasteiger partial charge in [-0.15, -0.1) is 0 Å². The number of esters is 1. The molecule has 1 N–H and O–H groups in total. The zero-order valence-electron chi connectivity index (χ0n) is 15.8. The van der Waals surface area contributed by atoms with Crippen molar-refractivity contribution in [2.75, 3.05) is 7.11 Å². The number of hydrogen-bond acceptors (Lipinski definition) is 3. The van der Waals surface area contributed by atoms with Crippen LogP contribution < -0.4 is 5.32 Å². The molecule has 0 aliphatic carbocycles. The molecule has 1 aliphatic heterocycles. The minimum Gasteiger partial charge on any atom is -0.466 e. The van der Waals surface area contributed by atoms with E-state index in [1.807, 2.05) is 0 Å². The summed E-state index contributed by atoms with van der Waals surface area (Å²) in [6.07, 6.45) is -5.05. The van der Waals surface area contributed by atoms with Crippen LogP contribution in [0.1, 0.15) is 44.1 Å². The summed E-state index contributed by atoms with van der Waals surface area (Å²) in [6.45, 7) is 9.08. The highest BCUT2D eigenvalue weighted by Crippen LogP contribution is 2.41. The van der Waals surface area contributed by atoms with Gasteiger partial charge in [-0.25, -0.2) is 14.0 Å². The summed E-state index contributed by atoms with van der Waals surface area (Å²) in [5.74, 6) is -2.52. The van der Waals surface area contributed by atoms with Gasteiger partial charge in [0.2, 0.25) is 0 Å². The van der Waals surface area contributed by atoms with E-state index in [0.717, 1.165) is 13.2 Å². The van der Waals surface area contributed by atoms with Crippen molar-refractivity contribution in [1.29, 1.82) is 0 Å². The fourth-order valence-corrected chi connectivity index (χ4v) is 3.41. The first-order chi connectivity index (χ1) is 13.6. The van der Waals surface area contributed by atoms with E-state index in [4.69, 9.17) is 22.9 Å². The van der Waals surface area contributed by atoms with Crippen molar-refractivity contribution < 1.29 is 27.1 Å². The average molecular weight is 431 g/mol. The fourth-order valence-electron chi connectivity index (χ4n) is 3.25. The molecule has 1 unspecified atom stereocenters. The van der Waals surface area contributed by atoms with Crippen LogP contribution in [0.4, 0.5) is 17.6 Å². The van der Waals surface area contributed by atoms with Crippen LogP contribution in [0.5, 0.6) is 0 Å². The lowest BCUT2D eigenvalue weighted by molar-refractivity contribution is -0.137. The highest BCUT2D eigenvalue weighted by molar-refractivity contribution is 6.30. The molecule has 0 saturated carbocycles. The monoisotopic (exact) mass is 430 g/mol. The predicted molar refractivity (Wildman–Crippen MR) is 100 cm³/mol. The number of alkyl halides is 3. The number of hydrogen-bond donors (Lipinski definition) is 1. The van der Waals surface area contributed by atoms with Crippen LogP contribution in [0.2, 0.25) is 5.02 Å². The molecule has 2 rings (SSSR count). The third-order valence-corrected chi connectivity index (χ3v) is 4.78. The lowest BCUT2D eigenvalue weighted by Gasteiger charge is -2.30. The van der Waals surface area contributed by atoms with E-state index in [2.05, 4.69) is 10.2 Å². The van der Waals surface area contributed by atoms with Crippen LogP contribution in [-0.2, 0) is 9.53 Å². The first kappa shape index (κ1) is 22.8. The van der Waals surface area contributed by atoms with Gasteiger partial charge >= 0.3 is 12.1 Å². The molecule has 1 aromatic carbocycles. The zero-order valence-corrected chi connectivity index (χ0v) is 16.5. The van der Waals surface area contributed by atoms with Gasteiger partial charge in [-0.2, -0.15) is 13.2 Å². The van der Waals surface area contributed by atoms with Crippen LogP contribution in [0.25, 0.3) is 4.85 Å². The molecule has 1 atom stereocenters. The largest absolute Gasteiger partial charge is 0.466 e. The predicted octanol–water partition coefficient (Wildman–Crippen LogP) is 5.87. The fraction of sp³-hybridized carbons (Fsp3) is 0.400. The van der Waals surface area contributed by atoms with Crippen LogP contribution in [-0.4, -0.2) is 19.3 Å². The molecule has 1 aromatic rings. The van der Waals surface area contributed by atoms with Gasteiger partial charge in [0.15, 0.2) is 5.70 Å². The van der Waals surface area contributed by atoms with Crippen molar-refractivity contribution in [2.24, 2.45) is 0 Å². The standard InChI is InChI=1S/C20H19ClF4N2O2/c1-11-18(26-2)16(13-8-7-12(21)10-14(13)22)17(19(28)29-3)15(27-11)6-4-5-9-20(23,24)25/h7-8,10,16,27H,4-6,9H2,1,3H3. The summed E-state index contributed by atoms with van der Waals surface area (Å²) in [4.78, 5) is 16.0. The zero-order chi connectivity index (χ0) is 21.8. The lowest BCUT2D eigenvalue weighted by Crippen LogP contribution is -2.29. The Balaban J connectivity index is 2.49. The first-order valence-corrected chi connectivity index (χ1v) is 9.15. The molecule has 0 amide bonds. The molecule has 0 aromatic heterocycles. The molecule has 0 radical (unpaired) electrons. The molecule has 29 heavy (non-hydrogen) atoms. The van der Waals surface area contributed by atoms with E-state index in [0.29, 0.717) is 11.4 Å². The lowest BCUT2D eigenvalue weighted by atomic mass is 9.82. The van der Waals surface area contributed by atoms with Crippen molar-refractivity contribution in [1.82, 2.24) is 5.32 Å². The molecule has 9 heteroatoms. The molecule has 0 fully saturated rings. The number of unbranched alkanes of at least 4 members (excludes halogenated alkanes) is 1. The van der Waals surface area contributed by atoms with E-state index < -0.39 is 30.3 Å². The van der Waals surface area contributed by atoms with Crippen molar-refractivity contribution in [3.8, 4) is 0 Å². The Kier molecular flexibility index (Phi) is 7.31. The first-order valence-electron chi connectivity index (χ1n) is 8.77. The number of methoxy groups -OCH3 is 1. The molecular formula is C20H19ClF4N2O2. The van der Waals surface area contributed by atoms with Crippen molar-refractivity contribution in [3.05, 3.63) is 68.7 Å². The average Bonchev–Trinajstić information content (AvgIpc) is 2.63. The number of carbonyl (C=O) groups excluding carboxylic acids is 1. The van der Waals surface area contributed by atoms with Crippen LogP contribution >= 0.6 is 11.6 Å². The van der Waals surface area contributed by atoms with E-state index in [1.54, 1.807) is 6.92 Å². The second kappa shape index (κ2) is 9.31. The van der Waals surface area contributed by atoms with Gasteiger partial charge in [0.05, 0.1) is 25.2 Å². The maximum absolute atomic E-state index is 14.6. The van der Waals surface area contributed by atoms with Crippen LogP contribution in [0.3, 0.4) is 0 Å². The quantitative estimate of drug-likeness (QED) is 0.266. The Hall–Kier alpha value is -2.53. The van der Waals surface area contributed by atoms with E-state index in [-0.39, 0.29) is 41.1 Å². The number of rotatable bonds is 6. The number of nitrogens with zero attached hydrogens (tertiary/aromatic N) is 1. The summed E-state index contributed by atoms with van der Waals surface area (Å²) < 4.78 is 56.7. The Morgan fingerprint density at radius 1 is 1.34 bits per heavy atom. The Morgan fingerprint density at radius 2 is 2.03 bits per heavy atom. The number of carbonyl (C=O) groups is 1. The summed E-state index contributed by atoms with van der Waals surface area (Å²) >= 11 is 5.81. The maximum Gasteiger partial charge on any atom is 0.389 e. The van der Waals surface area contributed by atoms with Gasteiger partial charge < -0.3 is 10.1 Å². The molecule has 1 heterocycles. The van der Waals surface area contributed by atoms with Gasteiger partial charge in [-0.05, 0) is 43.9 Å². The van der Waals surface area contributed by atoms with Gasteiger partial charge in [0, 0.05) is 22.8 Å². The Labute approximate surface area is 171 Å². The SMILES string of the molecule is [C-]#[N+]C1=C(C)NC(CCCCC(F)(F)F)=C(C(=O)OC)C1c1ccc(Cl)cc1F. The normalized spacial score (nSPS) is 17.1. The minimum absolute atomic E-state index is 0.0114. The van der Waals surface area contributed by atoms with Crippen molar-refractivity contribution in [3.63, 3.8) is 0 Å². The summed E-state index contributed by atoms with van der Waals surface area (Å²) in [5.41, 5.74) is 0.901. The van der Waals surface area contributed by atoms with Gasteiger partial charge in [0.1, 0.15) is 5.82 Å². The minimum atomic E-state index is -4.26. The molecule has 1 aliphatic rings. The summed E-state index contributed by atoms with van der Waals surface area (Å²) in [7, 11) is 1.15. The smallest absolute Gasteiger partial charge is 0.389 e. The molecule has 156 valence electrons. The van der Waals surface area contributed by atoms with Crippen molar-refractivity contribution >= 4 is 17.6 Å². The van der Waals surface area contributed by atoms with Gasteiger partial charge in [-0.3, -0.25) is 0 Å². The van der Waals surface area contributed by atoms with Gasteiger partial charge in [-0.1, -0.05) is 17.7 Å². The topological polar surface area (TPSA) is 42.7 Å². The molecule has 0 spiro atoms. The van der Waals surface area contributed by atoms with Gasteiger partial charge in [0.25, 0.3) is 0 Å². The highest BCUT2D eigenvalue weighted by atomic mass is 35.5. The number of ether oxygens (including phenoxy) is 1. The Bertz CT molecular complexity index is 901. The number of nitrogens with one attached hydrogen (secondary N) is 1. The third kappa shape index (κ3) is 5.51. The number of benzene rings is 1. The molecule has 0 saturated heterocycles. The van der Waals surface area contributed by atoms with Crippen LogP contribution in [0.15, 0.2) is 40.9 Å². The second-order valence-corrected chi connectivity index (χ2v) is 6.99. The van der Waals surface area contributed by atoms with E-state index in [9.17, 15) is 22.4 Å².